The Morgan fingerprint density at radius 1 is 0.690 bits per heavy atom. The molecule has 0 aliphatic carbocycles. The van der Waals surface area contributed by atoms with Crippen molar-refractivity contribution >= 4 is 17.7 Å². The fraction of sp³-hybridized carbons (Fsp3) is 0.417. The first kappa shape index (κ1) is 32.7. The molecule has 0 unspecified atom stereocenters. The van der Waals surface area contributed by atoms with Gasteiger partial charge in [0.05, 0.1) is 18.6 Å². The maximum absolute atomic E-state index is 13.6. The molecule has 0 fully saturated rings. The highest BCUT2D eigenvalue weighted by atomic mass is 16.6. The molecule has 6 nitrogen and oxygen atoms in total. The Morgan fingerprint density at radius 3 is 1.69 bits per heavy atom. The van der Waals surface area contributed by atoms with Crippen molar-refractivity contribution in [3.63, 3.8) is 0 Å². The van der Waals surface area contributed by atoms with E-state index in [0.29, 0.717) is 24.3 Å². The highest BCUT2D eigenvalue weighted by Gasteiger charge is 2.23. The Hall–Kier alpha value is -3.77. The summed E-state index contributed by atoms with van der Waals surface area (Å²) in [6.45, 7) is 10.6. The van der Waals surface area contributed by atoms with Crippen molar-refractivity contribution in [2.24, 2.45) is 11.3 Å². The van der Waals surface area contributed by atoms with Crippen molar-refractivity contribution in [2.75, 3.05) is 26.4 Å². The molecule has 3 aromatic carbocycles. The highest BCUT2D eigenvalue weighted by Crippen LogP contribution is 2.22. The monoisotopic (exact) mass is 571 g/mol. The van der Waals surface area contributed by atoms with Gasteiger partial charge in [-0.2, -0.15) is 0 Å². The Bertz CT molecular complexity index is 1240. The molecule has 3 rings (SSSR count). The van der Waals surface area contributed by atoms with Crippen LogP contribution in [0.4, 0.5) is 0 Å². The summed E-state index contributed by atoms with van der Waals surface area (Å²) in [5, 5.41) is 2.82. The van der Waals surface area contributed by atoms with Crippen LogP contribution >= 0.6 is 0 Å². The number of aryl methyl sites for hydroxylation is 4. The van der Waals surface area contributed by atoms with Gasteiger partial charge in [0.1, 0.15) is 6.61 Å². The molecule has 0 bridgehead atoms. The zero-order valence-corrected chi connectivity index (χ0v) is 25.7. The number of carbonyl (C=O) groups is 3. The van der Waals surface area contributed by atoms with E-state index in [2.05, 4.69) is 67.7 Å². The molecule has 0 atom stereocenters. The minimum absolute atomic E-state index is 0.113. The summed E-state index contributed by atoms with van der Waals surface area (Å²) >= 11 is 0. The number of hydrogen-bond acceptors (Lipinski definition) is 5. The Kier molecular flexibility index (Phi) is 12.5. The Morgan fingerprint density at radius 2 is 1.19 bits per heavy atom. The van der Waals surface area contributed by atoms with Crippen LogP contribution in [0.3, 0.4) is 0 Å². The SMILES string of the molecule is Cc1ccc(CCC(CCc2ccc(C)cc2)C(=O)c2ccc(C(=O)NCCOCCOC(=O)C(C)(C)C)cc2)cc1. The van der Waals surface area contributed by atoms with Crippen molar-refractivity contribution < 1.29 is 23.9 Å². The summed E-state index contributed by atoms with van der Waals surface area (Å²) in [6, 6.07) is 23.9. The van der Waals surface area contributed by atoms with Gasteiger partial charge in [0.2, 0.25) is 0 Å². The predicted molar refractivity (Wildman–Crippen MR) is 167 cm³/mol. The predicted octanol–water partition coefficient (Wildman–Crippen LogP) is 6.70. The lowest BCUT2D eigenvalue weighted by Gasteiger charge is -2.17. The van der Waals surface area contributed by atoms with E-state index in [0.717, 1.165) is 25.7 Å². The number of ether oxygens (including phenoxy) is 2. The van der Waals surface area contributed by atoms with Crippen LogP contribution in [0.25, 0.3) is 0 Å². The molecule has 0 aliphatic heterocycles. The number of ketones is 1. The van der Waals surface area contributed by atoms with Gasteiger partial charge in [0.15, 0.2) is 5.78 Å². The van der Waals surface area contributed by atoms with Gasteiger partial charge in [-0.05, 0) is 83.6 Å². The van der Waals surface area contributed by atoms with Crippen LogP contribution in [0.1, 0.15) is 76.6 Å². The smallest absolute Gasteiger partial charge is 0.311 e. The van der Waals surface area contributed by atoms with E-state index >= 15 is 0 Å². The number of amides is 1. The van der Waals surface area contributed by atoms with Crippen LogP contribution in [-0.4, -0.2) is 44.0 Å². The second-order valence-corrected chi connectivity index (χ2v) is 11.9. The van der Waals surface area contributed by atoms with Gasteiger partial charge in [0.25, 0.3) is 5.91 Å². The van der Waals surface area contributed by atoms with Gasteiger partial charge in [-0.25, -0.2) is 0 Å². The third kappa shape index (κ3) is 10.9. The highest BCUT2D eigenvalue weighted by molar-refractivity contribution is 6.00. The van der Waals surface area contributed by atoms with Gasteiger partial charge >= 0.3 is 5.97 Å². The van der Waals surface area contributed by atoms with Gasteiger partial charge in [-0.1, -0.05) is 71.8 Å². The molecular formula is C36H45NO5. The second kappa shape index (κ2) is 16.0. The number of rotatable bonds is 15. The van der Waals surface area contributed by atoms with E-state index in [9.17, 15) is 14.4 Å². The first-order valence-corrected chi connectivity index (χ1v) is 14.8. The van der Waals surface area contributed by atoms with Crippen LogP contribution in [0, 0.1) is 25.2 Å². The van der Waals surface area contributed by atoms with Crippen LogP contribution in [0.2, 0.25) is 0 Å². The average Bonchev–Trinajstić information content (AvgIpc) is 2.97. The van der Waals surface area contributed by atoms with Crippen molar-refractivity contribution in [1.82, 2.24) is 5.32 Å². The standard InChI is InChI=1S/C36H45NO5/c1-26-6-10-28(11-7-26)14-16-30(17-15-29-12-8-27(2)9-13-29)33(38)31-18-20-32(21-19-31)34(39)37-22-23-41-24-25-42-35(40)36(3,4)5/h6-13,18-21,30H,14-17,22-25H2,1-5H3,(H,37,39). The van der Waals surface area contributed by atoms with Crippen molar-refractivity contribution in [1.29, 1.82) is 0 Å². The van der Waals surface area contributed by atoms with E-state index in [-0.39, 0.29) is 36.8 Å². The summed E-state index contributed by atoms with van der Waals surface area (Å²) in [4.78, 5) is 38.0. The quantitative estimate of drug-likeness (QED) is 0.125. The second-order valence-electron chi connectivity index (χ2n) is 11.9. The fourth-order valence-corrected chi connectivity index (χ4v) is 4.47. The first-order chi connectivity index (χ1) is 20.0. The fourth-order valence-electron chi connectivity index (χ4n) is 4.47. The minimum atomic E-state index is -0.544. The molecule has 6 heteroatoms. The lowest BCUT2D eigenvalue weighted by atomic mass is 9.86. The average molecular weight is 572 g/mol. The van der Waals surface area contributed by atoms with Crippen molar-refractivity contribution in [3.05, 3.63) is 106 Å². The van der Waals surface area contributed by atoms with Crippen LogP contribution in [0.15, 0.2) is 72.8 Å². The third-order valence-electron chi connectivity index (χ3n) is 7.21. The molecule has 0 saturated carbocycles. The lowest BCUT2D eigenvalue weighted by Crippen LogP contribution is -2.28. The molecule has 3 aromatic rings. The van der Waals surface area contributed by atoms with E-state index in [1.54, 1.807) is 45.0 Å². The molecule has 0 aliphatic rings. The lowest BCUT2D eigenvalue weighted by molar-refractivity contribution is -0.154. The molecule has 224 valence electrons. The van der Waals surface area contributed by atoms with Gasteiger partial charge in [-0.15, -0.1) is 0 Å². The molecule has 1 amide bonds. The third-order valence-corrected chi connectivity index (χ3v) is 7.21. The first-order valence-electron chi connectivity index (χ1n) is 14.8. The minimum Gasteiger partial charge on any atom is -0.463 e. The number of hydrogen-bond donors (Lipinski definition) is 1. The Balaban J connectivity index is 1.51. The topological polar surface area (TPSA) is 81.7 Å². The number of nitrogens with one attached hydrogen (secondary N) is 1. The zero-order valence-electron chi connectivity index (χ0n) is 25.7. The maximum Gasteiger partial charge on any atom is 0.311 e. The van der Waals surface area contributed by atoms with Crippen LogP contribution < -0.4 is 5.32 Å². The Labute approximate surface area is 250 Å². The summed E-state index contributed by atoms with van der Waals surface area (Å²) < 4.78 is 10.6. The number of carbonyl (C=O) groups excluding carboxylic acids is 3. The molecule has 0 radical (unpaired) electrons. The summed E-state index contributed by atoms with van der Waals surface area (Å²) in [5.74, 6) is -0.508. The van der Waals surface area contributed by atoms with E-state index in [1.807, 2.05) is 0 Å². The van der Waals surface area contributed by atoms with E-state index < -0.39 is 5.41 Å². The summed E-state index contributed by atoms with van der Waals surface area (Å²) in [5.41, 5.74) is 5.48. The normalized spacial score (nSPS) is 11.4. The summed E-state index contributed by atoms with van der Waals surface area (Å²) in [6.07, 6.45) is 3.22. The largest absolute Gasteiger partial charge is 0.463 e. The zero-order chi connectivity index (χ0) is 30.5. The van der Waals surface area contributed by atoms with Crippen molar-refractivity contribution in [3.8, 4) is 0 Å². The molecule has 0 saturated heterocycles. The molecule has 0 spiro atoms. The van der Waals surface area contributed by atoms with Gasteiger partial charge in [-0.3, -0.25) is 14.4 Å². The molecule has 0 aromatic heterocycles. The van der Waals surface area contributed by atoms with E-state index in [4.69, 9.17) is 9.47 Å². The molecule has 0 heterocycles. The maximum atomic E-state index is 13.6. The van der Waals surface area contributed by atoms with Gasteiger partial charge < -0.3 is 14.8 Å². The molecule has 42 heavy (non-hydrogen) atoms. The summed E-state index contributed by atoms with van der Waals surface area (Å²) in [7, 11) is 0. The van der Waals surface area contributed by atoms with E-state index in [1.165, 1.54) is 22.3 Å². The van der Waals surface area contributed by atoms with Crippen molar-refractivity contribution in [2.45, 2.75) is 60.3 Å². The number of Topliss-reactive ketones (excluding diaryl/α,β-unsaturated/α-hetero) is 1. The van der Waals surface area contributed by atoms with Gasteiger partial charge in [0, 0.05) is 23.6 Å². The molecular weight excluding hydrogens is 526 g/mol. The van der Waals surface area contributed by atoms with Crippen LogP contribution in [0.5, 0.6) is 0 Å². The van der Waals surface area contributed by atoms with Crippen LogP contribution in [-0.2, 0) is 27.1 Å². The molecule has 1 N–H and O–H groups in total. The number of benzene rings is 3. The number of esters is 1.